The Balaban J connectivity index is 1.60. The number of rotatable bonds is 8. The second-order valence-electron chi connectivity index (χ2n) is 6.14. The zero-order chi connectivity index (χ0) is 19.2. The van der Waals surface area contributed by atoms with E-state index in [9.17, 15) is 9.59 Å². The van der Waals surface area contributed by atoms with Crippen molar-refractivity contribution in [2.24, 2.45) is 0 Å². The lowest BCUT2D eigenvalue weighted by molar-refractivity contribution is -0.121. The first-order chi connectivity index (χ1) is 13.2. The fraction of sp³-hybridized carbons (Fsp3) is 0.238. The number of aromatic nitrogens is 1. The van der Waals surface area contributed by atoms with Gasteiger partial charge in [0.2, 0.25) is 5.91 Å². The number of nitrogens with one attached hydrogen (secondary N) is 1. The summed E-state index contributed by atoms with van der Waals surface area (Å²) in [5.41, 5.74) is 2.50. The predicted molar refractivity (Wildman–Crippen MR) is 104 cm³/mol. The maximum Gasteiger partial charge on any atom is 0.239 e. The van der Waals surface area contributed by atoms with Gasteiger partial charge in [-0.05, 0) is 30.2 Å². The first-order valence-electron chi connectivity index (χ1n) is 8.67. The van der Waals surface area contributed by atoms with Gasteiger partial charge in [0, 0.05) is 29.2 Å². The summed E-state index contributed by atoms with van der Waals surface area (Å²) in [6.07, 6.45) is 3.21. The van der Waals surface area contributed by atoms with Crippen molar-refractivity contribution in [3.8, 4) is 11.5 Å². The second-order valence-corrected chi connectivity index (χ2v) is 6.14. The van der Waals surface area contributed by atoms with Gasteiger partial charge in [0.1, 0.15) is 6.54 Å². The Bertz CT molecular complexity index is 962. The number of hydrogen-bond acceptors (Lipinski definition) is 4. The number of fused-ring (bicyclic) bond motifs is 1. The van der Waals surface area contributed by atoms with E-state index in [0.29, 0.717) is 30.0 Å². The summed E-state index contributed by atoms with van der Waals surface area (Å²) in [6.45, 7) is 0.675. The van der Waals surface area contributed by atoms with Crippen LogP contribution in [0.15, 0.2) is 48.7 Å². The fourth-order valence-electron chi connectivity index (χ4n) is 3.09. The summed E-state index contributed by atoms with van der Waals surface area (Å²) >= 11 is 0. The maximum atomic E-state index is 12.3. The van der Waals surface area contributed by atoms with Crippen LogP contribution in [0.4, 0.5) is 0 Å². The molecule has 6 heteroatoms. The van der Waals surface area contributed by atoms with E-state index in [4.69, 9.17) is 9.47 Å². The molecule has 0 aliphatic carbocycles. The lowest BCUT2D eigenvalue weighted by Crippen LogP contribution is -2.29. The fourth-order valence-corrected chi connectivity index (χ4v) is 3.09. The van der Waals surface area contributed by atoms with Crippen molar-refractivity contribution in [1.29, 1.82) is 0 Å². The van der Waals surface area contributed by atoms with Gasteiger partial charge >= 0.3 is 0 Å². The average Bonchev–Trinajstić information content (AvgIpc) is 3.05. The van der Waals surface area contributed by atoms with Crippen molar-refractivity contribution in [3.63, 3.8) is 0 Å². The summed E-state index contributed by atoms with van der Waals surface area (Å²) in [6, 6.07) is 13.3. The lowest BCUT2D eigenvalue weighted by Gasteiger charge is -2.10. The van der Waals surface area contributed by atoms with Crippen LogP contribution in [0, 0.1) is 0 Å². The summed E-state index contributed by atoms with van der Waals surface area (Å²) in [5, 5.41) is 3.77. The molecule has 3 aromatic rings. The highest BCUT2D eigenvalue weighted by atomic mass is 16.5. The molecule has 0 atom stereocenters. The molecule has 0 fully saturated rings. The van der Waals surface area contributed by atoms with E-state index >= 15 is 0 Å². The van der Waals surface area contributed by atoms with Crippen molar-refractivity contribution in [2.45, 2.75) is 13.0 Å². The maximum absolute atomic E-state index is 12.3. The first kappa shape index (κ1) is 18.5. The number of amides is 1. The number of aldehydes is 1. The molecule has 0 aliphatic heterocycles. The molecular formula is C21H22N2O4. The number of methoxy groups -OCH3 is 2. The van der Waals surface area contributed by atoms with Gasteiger partial charge in [-0.1, -0.05) is 24.3 Å². The van der Waals surface area contributed by atoms with Crippen LogP contribution in [0.25, 0.3) is 10.9 Å². The van der Waals surface area contributed by atoms with Gasteiger partial charge < -0.3 is 19.4 Å². The molecule has 6 nitrogen and oxygen atoms in total. The van der Waals surface area contributed by atoms with Crippen LogP contribution in [0.2, 0.25) is 0 Å². The number of benzene rings is 2. The van der Waals surface area contributed by atoms with Crippen LogP contribution in [0.1, 0.15) is 15.9 Å². The first-order valence-corrected chi connectivity index (χ1v) is 8.67. The molecule has 0 aliphatic rings. The molecule has 27 heavy (non-hydrogen) atoms. The van der Waals surface area contributed by atoms with Crippen LogP contribution in [-0.2, 0) is 17.8 Å². The van der Waals surface area contributed by atoms with Gasteiger partial charge in [-0.2, -0.15) is 0 Å². The number of hydrogen-bond donors (Lipinski definition) is 1. The Morgan fingerprint density at radius 3 is 2.63 bits per heavy atom. The number of carbonyl (C=O) groups is 2. The molecule has 1 amide bonds. The van der Waals surface area contributed by atoms with Gasteiger partial charge in [-0.25, -0.2) is 0 Å². The average molecular weight is 366 g/mol. The van der Waals surface area contributed by atoms with E-state index < -0.39 is 0 Å². The van der Waals surface area contributed by atoms with Gasteiger partial charge in [-0.3, -0.25) is 9.59 Å². The molecule has 0 spiro atoms. The quantitative estimate of drug-likeness (QED) is 0.623. The molecule has 0 bridgehead atoms. The highest BCUT2D eigenvalue weighted by Gasteiger charge is 2.10. The molecule has 1 aromatic heterocycles. The molecule has 0 radical (unpaired) electrons. The zero-order valence-corrected chi connectivity index (χ0v) is 15.4. The number of carbonyl (C=O) groups excluding carboxylic acids is 2. The molecular weight excluding hydrogens is 344 g/mol. The topological polar surface area (TPSA) is 69.6 Å². The third-order valence-electron chi connectivity index (χ3n) is 4.44. The summed E-state index contributed by atoms with van der Waals surface area (Å²) < 4.78 is 12.3. The molecule has 0 saturated heterocycles. The molecule has 140 valence electrons. The van der Waals surface area contributed by atoms with Crippen LogP contribution in [0.3, 0.4) is 0 Å². The summed E-state index contributed by atoms with van der Waals surface area (Å²) in [7, 11) is 3.19. The number of nitrogens with zero attached hydrogens (tertiary/aromatic N) is 1. The zero-order valence-electron chi connectivity index (χ0n) is 15.4. The van der Waals surface area contributed by atoms with Crippen molar-refractivity contribution in [2.75, 3.05) is 20.8 Å². The normalized spacial score (nSPS) is 10.6. The van der Waals surface area contributed by atoms with E-state index in [1.807, 2.05) is 42.5 Å². The SMILES string of the molecule is COc1ccc(CCNC(=O)Cn2cc(C=O)c3ccccc32)cc1OC. The van der Waals surface area contributed by atoms with Crippen molar-refractivity contribution >= 4 is 23.1 Å². The van der Waals surface area contributed by atoms with Crippen LogP contribution in [0.5, 0.6) is 11.5 Å². The third-order valence-corrected chi connectivity index (χ3v) is 4.44. The minimum atomic E-state index is -0.103. The van der Waals surface area contributed by atoms with Gasteiger partial charge in [0.15, 0.2) is 17.8 Å². The van der Waals surface area contributed by atoms with E-state index in [1.165, 1.54) is 0 Å². The lowest BCUT2D eigenvalue weighted by atomic mass is 10.1. The van der Waals surface area contributed by atoms with Gasteiger partial charge in [0.05, 0.1) is 14.2 Å². The molecule has 2 aromatic carbocycles. The van der Waals surface area contributed by atoms with Crippen LogP contribution < -0.4 is 14.8 Å². The van der Waals surface area contributed by atoms with E-state index in [1.54, 1.807) is 25.0 Å². The Hall–Kier alpha value is -3.28. The van der Waals surface area contributed by atoms with E-state index in [0.717, 1.165) is 22.8 Å². The Morgan fingerprint density at radius 1 is 1.11 bits per heavy atom. The minimum absolute atomic E-state index is 0.103. The molecule has 0 unspecified atom stereocenters. The molecule has 1 N–H and O–H groups in total. The van der Waals surface area contributed by atoms with E-state index in [2.05, 4.69) is 5.32 Å². The van der Waals surface area contributed by atoms with E-state index in [-0.39, 0.29) is 12.5 Å². The number of para-hydroxylation sites is 1. The Morgan fingerprint density at radius 2 is 1.89 bits per heavy atom. The van der Waals surface area contributed by atoms with Crippen molar-refractivity contribution in [3.05, 3.63) is 59.8 Å². The van der Waals surface area contributed by atoms with Crippen LogP contribution in [-0.4, -0.2) is 37.5 Å². The second kappa shape index (κ2) is 8.40. The summed E-state index contributed by atoms with van der Waals surface area (Å²) in [5.74, 6) is 1.24. The summed E-state index contributed by atoms with van der Waals surface area (Å²) in [4.78, 5) is 23.5. The molecule has 3 rings (SSSR count). The van der Waals surface area contributed by atoms with Gasteiger partial charge in [-0.15, -0.1) is 0 Å². The standard InChI is InChI=1S/C21H22N2O4/c1-26-19-8-7-15(11-20(19)27-2)9-10-22-21(25)13-23-12-16(14-24)17-5-3-4-6-18(17)23/h3-8,11-12,14H,9-10,13H2,1-2H3,(H,22,25). The largest absolute Gasteiger partial charge is 0.493 e. The monoisotopic (exact) mass is 366 g/mol. The Labute approximate surface area is 157 Å². The number of ether oxygens (including phenoxy) is 2. The van der Waals surface area contributed by atoms with Crippen molar-refractivity contribution < 1.29 is 19.1 Å². The van der Waals surface area contributed by atoms with Crippen LogP contribution >= 0.6 is 0 Å². The highest BCUT2D eigenvalue weighted by Crippen LogP contribution is 2.27. The smallest absolute Gasteiger partial charge is 0.239 e. The van der Waals surface area contributed by atoms with Gasteiger partial charge in [0.25, 0.3) is 0 Å². The Kier molecular flexibility index (Phi) is 5.76. The highest BCUT2D eigenvalue weighted by molar-refractivity contribution is 5.98. The minimum Gasteiger partial charge on any atom is -0.493 e. The predicted octanol–water partition coefficient (Wildman–Crippen LogP) is 2.83. The molecule has 0 saturated carbocycles. The molecule has 1 heterocycles. The third kappa shape index (κ3) is 4.11. The van der Waals surface area contributed by atoms with Crippen molar-refractivity contribution in [1.82, 2.24) is 9.88 Å².